The number of hydrogen-bond acceptors (Lipinski definition) is 4. The molecule has 6 nitrogen and oxygen atoms in total. The van der Waals surface area contributed by atoms with Crippen molar-refractivity contribution in [1.29, 1.82) is 0 Å². The van der Waals surface area contributed by atoms with Crippen molar-refractivity contribution >= 4 is 29.0 Å². The fourth-order valence-corrected chi connectivity index (χ4v) is 4.28. The molecule has 4 rings (SSSR count). The average Bonchev–Trinajstić information content (AvgIpc) is 3.08. The number of rotatable bonds is 6. The summed E-state index contributed by atoms with van der Waals surface area (Å²) in [6.07, 6.45) is 0. The van der Waals surface area contributed by atoms with E-state index in [0.29, 0.717) is 17.7 Å². The van der Waals surface area contributed by atoms with Crippen LogP contribution in [0.2, 0.25) is 5.02 Å². The molecule has 1 aromatic heterocycles. The van der Waals surface area contributed by atoms with Crippen LogP contribution in [0.25, 0.3) is 0 Å². The third kappa shape index (κ3) is 4.87. The van der Waals surface area contributed by atoms with E-state index in [9.17, 15) is 9.59 Å². The summed E-state index contributed by atoms with van der Waals surface area (Å²) < 4.78 is 1.69. The van der Waals surface area contributed by atoms with Crippen molar-refractivity contribution in [3.63, 3.8) is 0 Å². The Morgan fingerprint density at radius 3 is 2.34 bits per heavy atom. The number of aromatic nitrogens is 1. The molecule has 1 amide bonds. The second kappa shape index (κ2) is 9.59. The number of piperazine rings is 1. The van der Waals surface area contributed by atoms with Crippen LogP contribution in [0.4, 0.5) is 5.69 Å². The molecule has 1 N–H and O–H groups in total. The van der Waals surface area contributed by atoms with Crippen molar-refractivity contribution in [1.82, 2.24) is 9.58 Å². The van der Waals surface area contributed by atoms with E-state index >= 15 is 0 Å². The van der Waals surface area contributed by atoms with Gasteiger partial charge in [0.05, 0.1) is 6.54 Å². The standard InChI is InChI=1S/C25H27ClN4O2/c1-18-15-23(19(2)30(18)27-25(32)20-7-4-3-5-8-20)24(31)17-28-11-13-29(14-12-28)22-10-6-9-21(26)16-22/h3-10,15-16H,11-14,17H2,1-2H3,(H,27,32). The minimum atomic E-state index is -0.205. The van der Waals surface area contributed by atoms with Crippen LogP contribution in [0.5, 0.6) is 0 Å². The Kier molecular flexibility index (Phi) is 6.63. The predicted molar refractivity (Wildman–Crippen MR) is 128 cm³/mol. The molecular formula is C25H27ClN4O2. The lowest BCUT2D eigenvalue weighted by Crippen LogP contribution is -2.48. The summed E-state index contributed by atoms with van der Waals surface area (Å²) in [4.78, 5) is 30.1. The molecule has 166 valence electrons. The monoisotopic (exact) mass is 450 g/mol. The molecule has 0 bridgehead atoms. The van der Waals surface area contributed by atoms with E-state index in [1.807, 2.05) is 56.3 Å². The predicted octanol–water partition coefficient (Wildman–Crippen LogP) is 4.15. The number of nitrogens with one attached hydrogen (secondary N) is 1. The average molecular weight is 451 g/mol. The highest BCUT2D eigenvalue weighted by molar-refractivity contribution is 6.30. The zero-order valence-electron chi connectivity index (χ0n) is 18.3. The van der Waals surface area contributed by atoms with Gasteiger partial charge < -0.3 is 4.90 Å². The Morgan fingerprint density at radius 1 is 0.938 bits per heavy atom. The molecule has 1 aliphatic heterocycles. The lowest BCUT2D eigenvalue weighted by molar-refractivity contribution is 0.0924. The maximum atomic E-state index is 13.1. The maximum Gasteiger partial charge on any atom is 0.270 e. The number of benzene rings is 2. The van der Waals surface area contributed by atoms with Gasteiger partial charge in [0.2, 0.25) is 0 Å². The van der Waals surface area contributed by atoms with Crippen molar-refractivity contribution in [3.05, 3.63) is 88.2 Å². The van der Waals surface area contributed by atoms with E-state index in [1.54, 1.807) is 16.8 Å². The number of hydrogen-bond donors (Lipinski definition) is 1. The molecule has 0 radical (unpaired) electrons. The number of anilines is 1. The van der Waals surface area contributed by atoms with E-state index in [1.165, 1.54) is 0 Å². The Labute approximate surface area is 193 Å². The van der Waals surface area contributed by atoms with Crippen LogP contribution in [0, 0.1) is 13.8 Å². The molecule has 1 saturated heterocycles. The maximum absolute atomic E-state index is 13.1. The van der Waals surface area contributed by atoms with Gasteiger partial charge in [0.1, 0.15) is 0 Å². The van der Waals surface area contributed by atoms with Crippen LogP contribution in [-0.2, 0) is 0 Å². The number of amides is 1. The second-order valence-corrected chi connectivity index (χ2v) is 8.53. The van der Waals surface area contributed by atoms with Gasteiger partial charge >= 0.3 is 0 Å². The Balaban J connectivity index is 1.38. The zero-order chi connectivity index (χ0) is 22.7. The number of Topliss-reactive ketones (excluding diaryl/α,β-unsaturated/α-hetero) is 1. The van der Waals surface area contributed by atoms with E-state index in [0.717, 1.165) is 48.3 Å². The molecule has 32 heavy (non-hydrogen) atoms. The topological polar surface area (TPSA) is 57.6 Å². The number of carbonyl (C=O) groups is 2. The van der Waals surface area contributed by atoms with E-state index < -0.39 is 0 Å². The first-order valence-corrected chi connectivity index (χ1v) is 11.1. The van der Waals surface area contributed by atoms with E-state index in [4.69, 9.17) is 11.6 Å². The van der Waals surface area contributed by atoms with Gasteiger partial charge in [-0.1, -0.05) is 35.9 Å². The highest BCUT2D eigenvalue weighted by atomic mass is 35.5. The molecule has 0 saturated carbocycles. The van der Waals surface area contributed by atoms with Crippen LogP contribution >= 0.6 is 11.6 Å². The first-order valence-electron chi connectivity index (χ1n) is 10.7. The lowest BCUT2D eigenvalue weighted by atomic mass is 10.1. The van der Waals surface area contributed by atoms with Gasteiger partial charge in [-0.05, 0) is 50.2 Å². The van der Waals surface area contributed by atoms with Crippen molar-refractivity contribution in [2.24, 2.45) is 0 Å². The van der Waals surface area contributed by atoms with Crippen LogP contribution in [0.3, 0.4) is 0 Å². The fraction of sp³-hybridized carbons (Fsp3) is 0.280. The summed E-state index contributed by atoms with van der Waals surface area (Å²) in [6, 6.07) is 18.8. The lowest BCUT2D eigenvalue weighted by Gasteiger charge is -2.35. The third-order valence-corrected chi connectivity index (χ3v) is 6.13. The molecule has 0 aliphatic carbocycles. The van der Waals surface area contributed by atoms with Crippen LogP contribution < -0.4 is 10.3 Å². The Bertz CT molecular complexity index is 1120. The van der Waals surface area contributed by atoms with Gasteiger partial charge in [0.25, 0.3) is 5.91 Å². The van der Waals surface area contributed by atoms with Crippen LogP contribution in [-0.4, -0.2) is 54.0 Å². The summed E-state index contributed by atoms with van der Waals surface area (Å²) in [5.41, 5.74) is 6.79. The van der Waals surface area contributed by atoms with Gasteiger partial charge in [-0.2, -0.15) is 0 Å². The molecule has 7 heteroatoms. The summed E-state index contributed by atoms with van der Waals surface area (Å²) in [5, 5.41) is 0.731. The largest absolute Gasteiger partial charge is 0.369 e. The molecular weight excluding hydrogens is 424 g/mol. The zero-order valence-corrected chi connectivity index (χ0v) is 19.1. The van der Waals surface area contributed by atoms with E-state index in [2.05, 4.69) is 21.3 Å². The number of nitrogens with zero attached hydrogens (tertiary/aromatic N) is 3. The van der Waals surface area contributed by atoms with Crippen molar-refractivity contribution < 1.29 is 9.59 Å². The Morgan fingerprint density at radius 2 is 1.66 bits per heavy atom. The number of carbonyl (C=O) groups excluding carboxylic acids is 2. The first-order chi connectivity index (χ1) is 15.4. The van der Waals surface area contributed by atoms with Gasteiger partial charge in [0, 0.05) is 59.4 Å². The molecule has 0 atom stereocenters. The molecule has 2 heterocycles. The summed E-state index contributed by atoms with van der Waals surface area (Å²) in [5.74, 6) is -0.141. The summed E-state index contributed by atoms with van der Waals surface area (Å²) in [7, 11) is 0. The van der Waals surface area contributed by atoms with Gasteiger partial charge in [-0.3, -0.25) is 24.6 Å². The molecule has 1 aliphatic rings. The fourth-order valence-electron chi connectivity index (χ4n) is 4.10. The molecule has 2 aromatic carbocycles. The Hall–Kier alpha value is -3.09. The number of halogens is 1. The highest BCUT2D eigenvalue weighted by Gasteiger charge is 2.23. The van der Waals surface area contributed by atoms with E-state index in [-0.39, 0.29) is 11.7 Å². The molecule has 1 fully saturated rings. The minimum absolute atomic E-state index is 0.0644. The second-order valence-electron chi connectivity index (χ2n) is 8.09. The van der Waals surface area contributed by atoms with Crippen LogP contribution in [0.1, 0.15) is 32.1 Å². The molecule has 3 aromatic rings. The van der Waals surface area contributed by atoms with Crippen molar-refractivity contribution in [2.75, 3.05) is 43.0 Å². The van der Waals surface area contributed by atoms with Gasteiger partial charge in [0.15, 0.2) is 5.78 Å². The van der Waals surface area contributed by atoms with Crippen molar-refractivity contribution in [2.45, 2.75) is 13.8 Å². The number of ketones is 1. The normalized spacial score (nSPS) is 14.4. The summed E-state index contributed by atoms with van der Waals surface area (Å²) >= 11 is 6.12. The quantitative estimate of drug-likeness (QED) is 0.573. The highest BCUT2D eigenvalue weighted by Crippen LogP contribution is 2.21. The smallest absolute Gasteiger partial charge is 0.270 e. The number of aryl methyl sites for hydroxylation is 1. The third-order valence-electron chi connectivity index (χ3n) is 5.89. The molecule has 0 unspecified atom stereocenters. The minimum Gasteiger partial charge on any atom is -0.369 e. The van der Waals surface area contributed by atoms with Crippen molar-refractivity contribution in [3.8, 4) is 0 Å². The first kappa shape index (κ1) is 22.1. The van der Waals surface area contributed by atoms with Gasteiger partial charge in [-0.25, -0.2) is 0 Å². The summed E-state index contributed by atoms with van der Waals surface area (Å²) in [6.45, 7) is 7.42. The van der Waals surface area contributed by atoms with Crippen LogP contribution in [0.15, 0.2) is 60.7 Å². The van der Waals surface area contributed by atoms with Gasteiger partial charge in [-0.15, -0.1) is 0 Å². The molecule has 0 spiro atoms. The SMILES string of the molecule is Cc1cc(C(=O)CN2CCN(c3cccc(Cl)c3)CC2)c(C)n1NC(=O)c1ccccc1.